The lowest BCUT2D eigenvalue weighted by atomic mass is 9.87. The first-order valence-electron chi connectivity index (χ1n) is 8.79. The molecular formula is C17H29IN4OS. The van der Waals surface area contributed by atoms with Crippen LogP contribution in [0.1, 0.15) is 37.4 Å². The molecule has 0 aromatic carbocycles. The van der Waals surface area contributed by atoms with Gasteiger partial charge in [0.1, 0.15) is 0 Å². The summed E-state index contributed by atoms with van der Waals surface area (Å²) in [6.07, 6.45) is 4.37. The minimum atomic E-state index is 0. The molecule has 2 saturated heterocycles. The first-order chi connectivity index (χ1) is 11.2. The van der Waals surface area contributed by atoms with Crippen molar-refractivity contribution < 1.29 is 4.74 Å². The molecule has 3 heterocycles. The van der Waals surface area contributed by atoms with Crippen molar-refractivity contribution in [2.24, 2.45) is 10.4 Å². The monoisotopic (exact) mass is 464 g/mol. The van der Waals surface area contributed by atoms with E-state index in [1.54, 1.807) is 11.3 Å². The maximum Gasteiger partial charge on any atom is 0.193 e. The van der Waals surface area contributed by atoms with Crippen LogP contribution in [0.3, 0.4) is 0 Å². The van der Waals surface area contributed by atoms with Gasteiger partial charge >= 0.3 is 0 Å². The van der Waals surface area contributed by atoms with Gasteiger partial charge in [-0.15, -0.1) is 35.3 Å². The third kappa shape index (κ3) is 4.82. The molecule has 0 saturated carbocycles. The molecule has 7 heteroatoms. The maximum absolute atomic E-state index is 5.63. The van der Waals surface area contributed by atoms with Crippen LogP contribution < -0.4 is 5.32 Å². The van der Waals surface area contributed by atoms with Crippen LogP contribution in [0.5, 0.6) is 0 Å². The zero-order valence-corrected chi connectivity index (χ0v) is 17.9. The number of likely N-dealkylation sites (tertiary alicyclic amines) is 1. The molecule has 0 amide bonds. The smallest absolute Gasteiger partial charge is 0.193 e. The largest absolute Gasteiger partial charge is 0.381 e. The van der Waals surface area contributed by atoms with E-state index in [0.717, 1.165) is 58.2 Å². The van der Waals surface area contributed by atoms with Crippen LogP contribution in [0.4, 0.5) is 0 Å². The lowest BCUT2D eigenvalue weighted by Gasteiger charge is -2.24. The number of aryl methyl sites for hydroxylation is 1. The number of guanidine groups is 1. The number of nitrogens with one attached hydrogen (secondary N) is 1. The van der Waals surface area contributed by atoms with Gasteiger partial charge in [-0.25, -0.2) is 4.98 Å². The summed E-state index contributed by atoms with van der Waals surface area (Å²) in [5.74, 6) is 1.06. The van der Waals surface area contributed by atoms with Crippen molar-refractivity contribution in [1.82, 2.24) is 15.2 Å². The first-order valence-corrected chi connectivity index (χ1v) is 9.67. The number of aromatic nitrogens is 1. The molecule has 3 rings (SSSR count). The van der Waals surface area contributed by atoms with Gasteiger partial charge < -0.3 is 15.0 Å². The molecule has 2 aliphatic heterocycles. The molecule has 136 valence electrons. The lowest BCUT2D eigenvalue weighted by Crippen LogP contribution is -2.41. The van der Waals surface area contributed by atoms with Crippen molar-refractivity contribution in [1.29, 1.82) is 0 Å². The summed E-state index contributed by atoms with van der Waals surface area (Å²) in [5.41, 5.74) is 1.55. The highest BCUT2D eigenvalue weighted by Gasteiger charge is 2.42. The van der Waals surface area contributed by atoms with Crippen LogP contribution in [-0.2, 0) is 17.6 Å². The normalized spacial score (nSPS) is 23.8. The van der Waals surface area contributed by atoms with Crippen molar-refractivity contribution >= 4 is 41.3 Å². The highest BCUT2D eigenvalue weighted by molar-refractivity contribution is 14.0. The molecule has 24 heavy (non-hydrogen) atoms. The summed E-state index contributed by atoms with van der Waals surface area (Å²) in [7, 11) is 0. The Hall–Kier alpha value is -0.410. The van der Waals surface area contributed by atoms with E-state index in [4.69, 9.17) is 9.73 Å². The van der Waals surface area contributed by atoms with Gasteiger partial charge in [0.05, 0.1) is 17.3 Å². The van der Waals surface area contributed by atoms with Gasteiger partial charge in [0.25, 0.3) is 0 Å². The van der Waals surface area contributed by atoms with E-state index >= 15 is 0 Å². The minimum absolute atomic E-state index is 0. The predicted molar refractivity (Wildman–Crippen MR) is 111 cm³/mol. The van der Waals surface area contributed by atoms with Crippen molar-refractivity contribution in [3.8, 4) is 0 Å². The molecule has 0 aliphatic carbocycles. The number of hydrogen-bond donors (Lipinski definition) is 1. The number of hydrogen-bond acceptors (Lipinski definition) is 4. The Balaban J connectivity index is 0.00000208. The molecule has 1 N–H and O–H groups in total. The van der Waals surface area contributed by atoms with E-state index in [2.05, 4.69) is 34.4 Å². The molecule has 2 fully saturated rings. The van der Waals surface area contributed by atoms with Gasteiger partial charge in [0.2, 0.25) is 0 Å². The van der Waals surface area contributed by atoms with E-state index in [9.17, 15) is 0 Å². The fraction of sp³-hybridized carbons (Fsp3) is 0.765. The average Bonchev–Trinajstić information content (AvgIpc) is 3.29. The number of thiazole rings is 1. The fourth-order valence-electron chi connectivity index (χ4n) is 3.42. The van der Waals surface area contributed by atoms with Crippen molar-refractivity contribution in [2.45, 2.75) is 39.5 Å². The first kappa shape index (κ1) is 19.9. The van der Waals surface area contributed by atoms with E-state index in [-0.39, 0.29) is 24.0 Å². The molecule has 1 aromatic rings. The Morgan fingerprint density at radius 2 is 2.33 bits per heavy atom. The zero-order valence-electron chi connectivity index (χ0n) is 14.7. The van der Waals surface area contributed by atoms with Crippen LogP contribution in [0.25, 0.3) is 0 Å². The Kier molecular flexibility index (Phi) is 7.74. The average molecular weight is 464 g/mol. The minimum Gasteiger partial charge on any atom is -0.381 e. The summed E-state index contributed by atoms with van der Waals surface area (Å²) in [6.45, 7) is 10.0. The second-order valence-electron chi connectivity index (χ2n) is 6.55. The highest BCUT2D eigenvalue weighted by Crippen LogP contribution is 2.38. The molecule has 1 aromatic heterocycles. The topological polar surface area (TPSA) is 49.8 Å². The van der Waals surface area contributed by atoms with Gasteiger partial charge in [-0.3, -0.25) is 4.99 Å². The van der Waals surface area contributed by atoms with E-state index in [1.165, 1.54) is 23.5 Å². The van der Waals surface area contributed by atoms with Gasteiger partial charge in [-0.2, -0.15) is 0 Å². The summed E-state index contributed by atoms with van der Waals surface area (Å²) in [5, 5.41) is 6.84. The maximum atomic E-state index is 5.63. The molecule has 5 nitrogen and oxygen atoms in total. The third-order valence-corrected chi connectivity index (χ3v) is 5.83. The SMILES string of the molecule is CCNC(=NCCc1csc(CC)n1)N1CCC2(CCOC2)C1.I. The molecule has 0 radical (unpaired) electrons. The molecule has 2 aliphatic rings. The van der Waals surface area contributed by atoms with E-state index < -0.39 is 0 Å². The quantitative estimate of drug-likeness (QED) is 0.414. The van der Waals surface area contributed by atoms with Gasteiger partial charge in [0.15, 0.2) is 5.96 Å². The molecular weight excluding hydrogens is 435 g/mol. The molecule has 0 bridgehead atoms. The van der Waals surface area contributed by atoms with Crippen LogP contribution >= 0.6 is 35.3 Å². The number of aliphatic imine (C=N–C) groups is 1. The Labute approximate surface area is 166 Å². The Bertz CT molecular complexity index is 542. The van der Waals surface area contributed by atoms with Crippen LogP contribution in [-0.4, -0.2) is 55.2 Å². The van der Waals surface area contributed by atoms with Crippen molar-refractivity contribution in [2.75, 3.05) is 39.4 Å². The summed E-state index contributed by atoms with van der Waals surface area (Å²) >= 11 is 1.76. The van der Waals surface area contributed by atoms with Crippen LogP contribution in [0.2, 0.25) is 0 Å². The second-order valence-corrected chi connectivity index (χ2v) is 7.49. The van der Waals surface area contributed by atoms with Gasteiger partial charge in [-0.05, 0) is 26.2 Å². The summed E-state index contributed by atoms with van der Waals surface area (Å²) < 4.78 is 5.63. The fourth-order valence-corrected chi connectivity index (χ4v) is 4.19. The molecule has 1 atom stereocenters. The molecule has 1 unspecified atom stereocenters. The van der Waals surface area contributed by atoms with Crippen LogP contribution in [0, 0.1) is 5.41 Å². The van der Waals surface area contributed by atoms with E-state index in [0.29, 0.717) is 5.41 Å². The van der Waals surface area contributed by atoms with Crippen LogP contribution in [0.15, 0.2) is 10.4 Å². The Morgan fingerprint density at radius 3 is 3.00 bits per heavy atom. The summed E-state index contributed by atoms with van der Waals surface area (Å²) in [6, 6.07) is 0. The third-order valence-electron chi connectivity index (χ3n) is 4.79. The Morgan fingerprint density at radius 1 is 1.46 bits per heavy atom. The zero-order chi connectivity index (χ0) is 16.1. The number of rotatable bonds is 5. The van der Waals surface area contributed by atoms with Gasteiger partial charge in [-0.1, -0.05) is 6.92 Å². The van der Waals surface area contributed by atoms with Gasteiger partial charge in [0, 0.05) is 50.0 Å². The lowest BCUT2D eigenvalue weighted by molar-refractivity contribution is 0.156. The van der Waals surface area contributed by atoms with Crippen molar-refractivity contribution in [3.63, 3.8) is 0 Å². The standard InChI is InChI=1S/C17H28N4OS.HI/c1-3-15-20-14(11-23-15)5-8-19-16(18-4-2)21-9-6-17(12-21)7-10-22-13-17;/h11H,3-10,12-13H2,1-2H3,(H,18,19);1H. The molecule has 1 spiro atoms. The number of halogens is 1. The second kappa shape index (κ2) is 9.33. The van der Waals surface area contributed by atoms with Crippen molar-refractivity contribution in [3.05, 3.63) is 16.1 Å². The van der Waals surface area contributed by atoms with E-state index in [1.807, 2.05) is 0 Å². The number of ether oxygens (including phenoxy) is 1. The highest BCUT2D eigenvalue weighted by atomic mass is 127. The predicted octanol–water partition coefficient (Wildman–Crippen LogP) is 2.94. The number of nitrogens with zero attached hydrogens (tertiary/aromatic N) is 3. The summed E-state index contributed by atoms with van der Waals surface area (Å²) in [4.78, 5) is 11.9.